The van der Waals surface area contributed by atoms with E-state index in [1.54, 1.807) is 10.8 Å². The summed E-state index contributed by atoms with van der Waals surface area (Å²) in [5.74, 6) is -0.303. The Balaban J connectivity index is 1.38. The zero-order valence-corrected chi connectivity index (χ0v) is 19.7. The van der Waals surface area contributed by atoms with Crippen LogP contribution in [-0.4, -0.2) is 65.0 Å². The number of imide groups is 1. The molecule has 1 aliphatic rings. The van der Waals surface area contributed by atoms with E-state index in [0.717, 1.165) is 29.1 Å². The van der Waals surface area contributed by atoms with Crippen molar-refractivity contribution in [3.05, 3.63) is 41.7 Å². The van der Waals surface area contributed by atoms with Crippen molar-refractivity contribution in [1.29, 1.82) is 0 Å². The molecule has 172 valence electrons. The van der Waals surface area contributed by atoms with Crippen LogP contribution >= 0.6 is 11.3 Å². The van der Waals surface area contributed by atoms with E-state index in [0.29, 0.717) is 10.9 Å². The Bertz CT molecular complexity index is 1220. The molecular formula is C22H25N7O3S. The van der Waals surface area contributed by atoms with Crippen LogP contribution in [-0.2, 0) is 22.6 Å². The highest BCUT2D eigenvalue weighted by atomic mass is 32.1. The minimum Gasteiger partial charge on any atom is -0.374 e. The second-order valence-corrected chi connectivity index (χ2v) is 8.78. The van der Waals surface area contributed by atoms with Crippen LogP contribution < -0.4 is 15.1 Å². The first-order valence-corrected chi connectivity index (χ1v) is 11.2. The van der Waals surface area contributed by atoms with Gasteiger partial charge < -0.3 is 14.8 Å². The number of benzene rings is 1. The van der Waals surface area contributed by atoms with Crippen LogP contribution in [0.2, 0.25) is 0 Å². The Morgan fingerprint density at radius 2 is 2.03 bits per heavy atom. The highest BCUT2D eigenvalue weighted by molar-refractivity contribution is 7.14. The summed E-state index contributed by atoms with van der Waals surface area (Å²) in [7, 11) is 5.00. The number of urea groups is 1. The van der Waals surface area contributed by atoms with Gasteiger partial charge in [0.2, 0.25) is 11.8 Å². The van der Waals surface area contributed by atoms with Gasteiger partial charge in [-0.1, -0.05) is 12.1 Å². The van der Waals surface area contributed by atoms with Crippen molar-refractivity contribution in [3.63, 3.8) is 0 Å². The van der Waals surface area contributed by atoms with Gasteiger partial charge in [-0.25, -0.2) is 14.8 Å². The normalized spacial score (nSPS) is 12.4. The van der Waals surface area contributed by atoms with Gasteiger partial charge in [0.15, 0.2) is 10.9 Å². The highest BCUT2D eigenvalue weighted by Gasteiger charge is 2.21. The summed E-state index contributed by atoms with van der Waals surface area (Å²) in [6.07, 6.45) is 4.08. The summed E-state index contributed by atoms with van der Waals surface area (Å²) in [6.45, 7) is 2.34. The maximum Gasteiger partial charge on any atom is 0.331 e. The largest absolute Gasteiger partial charge is 0.374 e. The van der Waals surface area contributed by atoms with Gasteiger partial charge in [-0.3, -0.25) is 19.4 Å². The molecule has 0 bridgehead atoms. The van der Waals surface area contributed by atoms with E-state index in [4.69, 9.17) is 0 Å². The Kier molecular flexibility index (Phi) is 6.14. The number of hydrogen-bond acceptors (Lipinski definition) is 7. The number of rotatable bonds is 5. The molecule has 10 nitrogen and oxygen atoms in total. The minimum absolute atomic E-state index is 0.0101. The predicted molar refractivity (Wildman–Crippen MR) is 128 cm³/mol. The lowest BCUT2D eigenvalue weighted by molar-refractivity contribution is -0.124. The van der Waals surface area contributed by atoms with Crippen LogP contribution in [0.3, 0.4) is 0 Å². The molecule has 4 rings (SSSR count). The smallest absolute Gasteiger partial charge is 0.331 e. The zero-order chi connectivity index (χ0) is 23.7. The summed E-state index contributed by atoms with van der Waals surface area (Å²) in [5, 5.41) is 5.25. The van der Waals surface area contributed by atoms with Crippen LogP contribution in [0.1, 0.15) is 12.5 Å². The van der Waals surface area contributed by atoms with Gasteiger partial charge in [-0.05, 0) is 18.1 Å². The second-order valence-electron chi connectivity index (χ2n) is 7.92. The molecule has 4 amide bonds. The van der Waals surface area contributed by atoms with Crippen molar-refractivity contribution in [1.82, 2.24) is 19.4 Å². The first-order chi connectivity index (χ1) is 15.7. The number of carbonyl (C=O) groups is 3. The molecule has 0 unspecified atom stereocenters. The number of thiazole rings is 1. The number of amides is 4. The number of imidazole rings is 1. The molecule has 3 heterocycles. The number of aromatic nitrogens is 3. The molecule has 1 aliphatic heterocycles. The molecule has 0 saturated heterocycles. The molecule has 0 aliphatic carbocycles. The third kappa shape index (κ3) is 4.72. The van der Waals surface area contributed by atoms with E-state index in [-0.39, 0.29) is 18.4 Å². The van der Waals surface area contributed by atoms with E-state index in [1.807, 2.05) is 5.38 Å². The highest BCUT2D eigenvalue weighted by Crippen LogP contribution is 2.33. The number of carbonyl (C=O) groups excluding carboxylic acids is 3. The van der Waals surface area contributed by atoms with Crippen LogP contribution in [0.25, 0.3) is 11.3 Å². The van der Waals surface area contributed by atoms with E-state index in [1.165, 1.54) is 54.8 Å². The van der Waals surface area contributed by atoms with E-state index >= 15 is 0 Å². The number of anilines is 3. The lowest BCUT2D eigenvalue weighted by Gasteiger charge is -2.20. The van der Waals surface area contributed by atoms with Crippen molar-refractivity contribution in [3.8, 4) is 11.3 Å². The summed E-state index contributed by atoms with van der Waals surface area (Å²) >= 11 is 1.37. The van der Waals surface area contributed by atoms with Crippen LogP contribution in [0, 0.1) is 0 Å². The van der Waals surface area contributed by atoms with Gasteiger partial charge in [0, 0.05) is 57.4 Å². The topological polar surface area (TPSA) is 104 Å². The molecule has 0 radical (unpaired) electrons. The van der Waals surface area contributed by atoms with Gasteiger partial charge in [0.05, 0.1) is 12.0 Å². The fraction of sp³-hybridized carbons (Fsp3) is 0.318. The Labute approximate surface area is 195 Å². The van der Waals surface area contributed by atoms with Crippen LogP contribution in [0.15, 0.2) is 36.1 Å². The third-order valence-electron chi connectivity index (χ3n) is 5.60. The molecule has 0 saturated carbocycles. The van der Waals surface area contributed by atoms with Gasteiger partial charge >= 0.3 is 6.03 Å². The molecule has 0 atom stereocenters. The molecule has 1 N–H and O–H groups in total. The van der Waals surface area contributed by atoms with E-state index in [2.05, 4.69) is 45.4 Å². The number of nitrogens with one attached hydrogen (secondary N) is 1. The van der Waals surface area contributed by atoms with Crippen molar-refractivity contribution < 1.29 is 14.4 Å². The molecule has 11 heteroatoms. The predicted octanol–water partition coefficient (Wildman–Crippen LogP) is 2.67. The molecule has 3 aromatic rings. The van der Waals surface area contributed by atoms with E-state index in [9.17, 15) is 14.4 Å². The maximum absolute atomic E-state index is 12.5. The fourth-order valence-electron chi connectivity index (χ4n) is 3.55. The summed E-state index contributed by atoms with van der Waals surface area (Å²) in [4.78, 5) is 49.3. The lowest BCUT2D eigenvalue weighted by Crippen LogP contribution is -2.41. The third-order valence-corrected chi connectivity index (χ3v) is 6.35. The van der Waals surface area contributed by atoms with Crippen molar-refractivity contribution in [2.75, 3.05) is 42.8 Å². The average Bonchev–Trinajstić information content (AvgIpc) is 3.53. The standard InChI is InChI=1S/C22H25N7O3S/c1-14(30)27(3)22(32)28(4)19-10-29(13-23-19)11-20(31)25-21-24-17(12-33-21)16-6-5-15-7-8-26(2)18(15)9-16/h5-6,9-10,12-13H,7-8,11H2,1-4H3,(H,24,25,31). The van der Waals surface area contributed by atoms with Crippen LogP contribution in [0.5, 0.6) is 0 Å². The molecule has 2 aromatic heterocycles. The first-order valence-electron chi connectivity index (χ1n) is 10.4. The second kappa shape index (κ2) is 9.02. The molecule has 0 fully saturated rings. The number of fused-ring (bicyclic) bond motifs is 1. The van der Waals surface area contributed by atoms with Gasteiger partial charge in [0.25, 0.3) is 0 Å². The number of likely N-dealkylation sites (N-methyl/N-ethyl adjacent to an activating group) is 1. The SMILES string of the molecule is CC(=O)N(C)C(=O)N(C)c1cn(CC(=O)Nc2nc(-c3ccc4c(c3)N(C)CC4)cs2)cn1. The molecule has 33 heavy (non-hydrogen) atoms. The van der Waals surface area contributed by atoms with Gasteiger partial charge in [0.1, 0.15) is 6.54 Å². The van der Waals surface area contributed by atoms with Gasteiger partial charge in [-0.2, -0.15) is 0 Å². The summed E-state index contributed by atoms with van der Waals surface area (Å²) in [5.41, 5.74) is 4.39. The number of hydrogen-bond donors (Lipinski definition) is 1. The first kappa shape index (κ1) is 22.5. The van der Waals surface area contributed by atoms with Crippen molar-refractivity contribution in [2.24, 2.45) is 0 Å². The van der Waals surface area contributed by atoms with Gasteiger partial charge in [-0.15, -0.1) is 11.3 Å². The van der Waals surface area contributed by atoms with Crippen molar-refractivity contribution >= 4 is 45.8 Å². The average molecular weight is 468 g/mol. The van der Waals surface area contributed by atoms with Crippen LogP contribution in [0.4, 0.5) is 21.4 Å². The summed E-state index contributed by atoms with van der Waals surface area (Å²) < 4.78 is 1.56. The number of nitrogens with zero attached hydrogens (tertiary/aromatic N) is 6. The lowest BCUT2D eigenvalue weighted by atomic mass is 10.1. The fourth-order valence-corrected chi connectivity index (χ4v) is 4.29. The monoisotopic (exact) mass is 467 g/mol. The quantitative estimate of drug-likeness (QED) is 0.619. The zero-order valence-electron chi connectivity index (χ0n) is 18.9. The van der Waals surface area contributed by atoms with Crippen molar-refractivity contribution in [2.45, 2.75) is 19.9 Å². The summed E-state index contributed by atoms with van der Waals surface area (Å²) in [6, 6.07) is 5.83. The van der Waals surface area contributed by atoms with E-state index < -0.39 is 6.03 Å². The Hall–Kier alpha value is -3.73. The minimum atomic E-state index is -0.509. The molecular weight excluding hydrogens is 442 g/mol. The molecule has 0 spiro atoms. The Morgan fingerprint density at radius 1 is 1.24 bits per heavy atom. The molecule has 1 aromatic carbocycles. The maximum atomic E-state index is 12.5. The Morgan fingerprint density at radius 3 is 2.79 bits per heavy atom.